The lowest BCUT2D eigenvalue weighted by Gasteiger charge is -2.26. The van der Waals surface area contributed by atoms with Gasteiger partial charge >= 0.3 is 0 Å². The minimum atomic E-state index is 1.15. The molecule has 1 aromatic carbocycles. The molecule has 0 unspecified atom stereocenters. The molecule has 0 bridgehead atoms. The molecular weight excluding hydrogens is 210 g/mol. The van der Waals surface area contributed by atoms with Gasteiger partial charge in [-0.15, -0.1) is 0 Å². The fraction of sp³-hybridized carbons (Fsp3) is 0.571. The van der Waals surface area contributed by atoms with Crippen LogP contribution in [0.3, 0.4) is 0 Å². The molecule has 1 nitrogen and oxygen atoms in total. The fourth-order valence-corrected chi connectivity index (χ4v) is 2.64. The molecule has 1 aromatic rings. The summed E-state index contributed by atoms with van der Waals surface area (Å²) in [4.78, 5) is 2.58. The van der Waals surface area contributed by atoms with Crippen molar-refractivity contribution in [3.8, 4) is 0 Å². The van der Waals surface area contributed by atoms with Crippen molar-refractivity contribution >= 4 is 21.1 Å². The van der Waals surface area contributed by atoms with Gasteiger partial charge in [0.05, 0.1) is 0 Å². The third kappa shape index (κ3) is 4.01. The Hall–Kier alpha value is -0.763. The second-order valence-corrected chi connectivity index (χ2v) is 5.56. The summed E-state index contributed by atoms with van der Waals surface area (Å²) in [5, 5.41) is 1.54. The smallest absolute Gasteiger partial charge is 0.0412 e. The number of rotatable bonds is 7. The van der Waals surface area contributed by atoms with E-state index in [0.717, 1.165) is 10.2 Å². The summed E-state index contributed by atoms with van der Waals surface area (Å²) in [5.41, 5.74) is 1.48. The lowest BCUT2D eigenvalue weighted by Crippen LogP contribution is -2.30. The van der Waals surface area contributed by atoms with Crippen molar-refractivity contribution in [2.24, 2.45) is 0 Å². The van der Waals surface area contributed by atoms with Crippen molar-refractivity contribution in [2.75, 3.05) is 18.0 Å². The molecule has 0 amide bonds. The lowest BCUT2D eigenvalue weighted by molar-refractivity contribution is 0.679. The van der Waals surface area contributed by atoms with E-state index in [0.29, 0.717) is 0 Å². The van der Waals surface area contributed by atoms with E-state index in [1.807, 2.05) is 0 Å². The zero-order chi connectivity index (χ0) is 11.8. The van der Waals surface area contributed by atoms with Crippen molar-refractivity contribution in [3.05, 3.63) is 24.3 Å². The highest BCUT2D eigenvalue weighted by molar-refractivity contribution is 6.35. The first-order valence-electron chi connectivity index (χ1n) is 6.60. The van der Waals surface area contributed by atoms with E-state index in [-0.39, 0.29) is 0 Å². The summed E-state index contributed by atoms with van der Waals surface area (Å²) in [6, 6.07) is 8.88. The van der Waals surface area contributed by atoms with E-state index in [4.69, 9.17) is 0 Å². The van der Waals surface area contributed by atoms with Crippen LogP contribution in [0, 0.1) is 0 Å². The average Bonchev–Trinajstić information content (AvgIpc) is 2.31. The minimum Gasteiger partial charge on any atom is -0.372 e. The maximum Gasteiger partial charge on any atom is 0.0412 e. The number of benzene rings is 1. The zero-order valence-electron chi connectivity index (χ0n) is 11.0. The van der Waals surface area contributed by atoms with Crippen molar-refractivity contribution < 1.29 is 0 Å². The average molecular weight is 235 g/mol. The van der Waals surface area contributed by atoms with Crippen LogP contribution in [0.2, 0.25) is 0 Å². The molecule has 0 atom stereocenters. The van der Waals surface area contributed by atoms with Crippen molar-refractivity contribution in [1.29, 1.82) is 0 Å². The molecule has 0 fully saturated rings. The molecule has 0 aromatic heterocycles. The fourth-order valence-electron chi connectivity index (χ4n) is 1.97. The Bertz CT molecular complexity index is 291. The van der Waals surface area contributed by atoms with E-state index in [1.54, 1.807) is 0 Å². The first-order chi connectivity index (χ1) is 7.79. The van der Waals surface area contributed by atoms with Crippen molar-refractivity contribution in [2.45, 2.75) is 39.5 Å². The van der Waals surface area contributed by atoms with E-state index in [2.05, 4.69) is 43.0 Å². The second kappa shape index (κ2) is 7.50. The number of unbranched alkanes of at least 4 members (excludes halogenated alkanes) is 2. The molecule has 0 aliphatic carbocycles. The van der Waals surface area contributed by atoms with E-state index in [9.17, 15) is 0 Å². The molecule has 0 saturated carbocycles. The Morgan fingerprint density at radius 3 is 2.06 bits per heavy atom. The van der Waals surface area contributed by atoms with Gasteiger partial charge in [0.25, 0.3) is 0 Å². The van der Waals surface area contributed by atoms with Crippen molar-refractivity contribution in [3.63, 3.8) is 0 Å². The van der Waals surface area contributed by atoms with E-state index < -0.39 is 0 Å². The highest BCUT2D eigenvalue weighted by Crippen LogP contribution is 2.12. The third-order valence-electron chi connectivity index (χ3n) is 3.02. The molecule has 1 rings (SSSR count). The molecule has 0 heterocycles. The highest BCUT2D eigenvalue weighted by atomic mass is 28.1. The molecule has 0 N–H and O–H groups in total. The van der Waals surface area contributed by atoms with Gasteiger partial charge in [-0.3, -0.25) is 0 Å². The van der Waals surface area contributed by atoms with Crippen molar-refractivity contribution in [1.82, 2.24) is 0 Å². The topological polar surface area (TPSA) is 3.24 Å². The summed E-state index contributed by atoms with van der Waals surface area (Å²) < 4.78 is 0. The quantitative estimate of drug-likeness (QED) is 0.654. The van der Waals surface area contributed by atoms with Gasteiger partial charge in [-0.2, -0.15) is 0 Å². The summed E-state index contributed by atoms with van der Waals surface area (Å²) in [6.45, 7) is 6.97. The van der Waals surface area contributed by atoms with Gasteiger partial charge < -0.3 is 4.90 Å². The predicted octanol–water partition coefficient (Wildman–Crippen LogP) is 2.08. The monoisotopic (exact) mass is 235 g/mol. The first kappa shape index (κ1) is 13.3. The van der Waals surface area contributed by atoms with Gasteiger partial charge in [0, 0.05) is 29.0 Å². The molecular formula is C14H25NSi. The Morgan fingerprint density at radius 2 is 1.56 bits per heavy atom. The minimum absolute atomic E-state index is 1.15. The Morgan fingerprint density at radius 1 is 1.00 bits per heavy atom. The van der Waals surface area contributed by atoms with Crippen LogP contribution in [-0.4, -0.2) is 23.3 Å². The van der Waals surface area contributed by atoms with Gasteiger partial charge in [0.15, 0.2) is 0 Å². The molecule has 2 heteroatoms. The molecule has 0 spiro atoms. The Balaban J connectivity index is 2.70. The van der Waals surface area contributed by atoms with Gasteiger partial charge in [-0.05, 0) is 24.1 Å². The molecule has 16 heavy (non-hydrogen) atoms. The Labute approximate surface area is 103 Å². The molecule has 90 valence electrons. The van der Waals surface area contributed by atoms with Gasteiger partial charge in [-0.1, -0.05) is 44.9 Å². The van der Waals surface area contributed by atoms with Crippen LogP contribution in [0.25, 0.3) is 0 Å². The lowest BCUT2D eigenvalue weighted by atomic mass is 10.2. The Kier molecular flexibility index (Phi) is 6.24. The summed E-state index contributed by atoms with van der Waals surface area (Å²) >= 11 is 0. The van der Waals surface area contributed by atoms with E-state index >= 15 is 0 Å². The maximum atomic E-state index is 2.58. The summed E-state index contributed by atoms with van der Waals surface area (Å²) in [7, 11) is 1.15. The number of anilines is 1. The van der Waals surface area contributed by atoms with Gasteiger partial charge in [-0.25, -0.2) is 0 Å². The summed E-state index contributed by atoms with van der Waals surface area (Å²) in [6.07, 6.45) is 5.18. The predicted molar refractivity (Wildman–Crippen MR) is 78.0 cm³/mol. The van der Waals surface area contributed by atoms with Crippen LogP contribution in [-0.2, 0) is 0 Å². The largest absolute Gasteiger partial charge is 0.372 e. The van der Waals surface area contributed by atoms with Crippen LogP contribution in [0.1, 0.15) is 39.5 Å². The van der Waals surface area contributed by atoms with Crippen LogP contribution < -0.4 is 10.1 Å². The van der Waals surface area contributed by atoms with Crippen LogP contribution in [0.4, 0.5) is 5.69 Å². The normalized spacial score (nSPS) is 10.6. The highest BCUT2D eigenvalue weighted by Gasteiger charge is 2.06. The van der Waals surface area contributed by atoms with E-state index in [1.165, 1.54) is 49.6 Å². The number of para-hydroxylation sites is 1. The molecule has 0 radical (unpaired) electrons. The number of nitrogens with zero attached hydrogens (tertiary/aromatic N) is 1. The second-order valence-electron chi connectivity index (χ2n) is 4.48. The van der Waals surface area contributed by atoms with Crippen LogP contribution >= 0.6 is 0 Å². The molecule has 0 aliphatic rings. The third-order valence-corrected chi connectivity index (χ3v) is 3.86. The SMILES string of the molecule is CCCCN(CCCC)c1ccccc1[SiH3]. The molecule has 0 aliphatic heterocycles. The first-order valence-corrected chi connectivity index (χ1v) is 7.60. The summed E-state index contributed by atoms with van der Waals surface area (Å²) in [5.74, 6) is 0. The van der Waals surface area contributed by atoms with Gasteiger partial charge in [0.1, 0.15) is 0 Å². The molecule has 0 saturated heterocycles. The standard InChI is InChI=1S/C14H25NSi/c1-3-5-11-15(12-6-4-2)13-9-7-8-10-14(13)16/h7-10H,3-6,11-12H2,1-2,16H3. The maximum absolute atomic E-state index is 2.58. The number of hydrogen-bond donors (Lipinski definition) is 0. The van der Waals surface area contributed by atoms with Gasteiger partial charge in [0.2, 0.25) is 0 Å². The zero-order valence-corrected chi connectivity index (χ0v) is 13.0. The van der Waals surface area contributed by atoms with Crippen LogP contribution in [0.5, 0.6) is 0 Å². The number of hydrogen-bond acceptors (Lipinski definition) is 1. The van der Waals surface area contributed by atoms with Crippen LogP contribution in [0.15, 0.2) is 24.3 Å².